The molecule has 0 N–H and O–H groups in total. The van der Waals surface area contributed by atoms with Gasteiger partial charge in [-0.25, -0.2) is 4.39 Å². The third kappa shape index (κ3) is 4.14. The van der Waals surface area contributed by atoms with Gasteiger partial charge >= 0.3 is 0 Å². The Labute approximate surface area is 172 Å². The molecule has 7 nitrogen and oxygen atoms in total. The van der Waals surface area contributed by atoms with Crippen molar-refractivity contribution in [2.45, 2.75) is 18.6 Å². The minimum atomic E-state index is -0.228. The number of thioether (sulfide) groups is 1. The van der Waals surface area contributed by atoms with Gasteiger partial charge in [0.25, 0.3) is 0 Å². The molecule has 2 aromatic heterocycles. The first-order valence-electron chi connectivity index (χ1n) is 9.54. The van der Waals surface area contributed by atoms with Crippen LogP contribution in [0.1, 0.15) is 6.92 Å². The van der Waals surface area contributed by atoms with E-state index >= 15 is 0 Å². The van der Waals surface area contributed by atoms with E-state index in [1.807, 2.05) is 33.4 Å². The predicted octanol–water partition coefficient (Wildman–Crippen LogP) is 3.14. The summed E-state index contributed by atoms with van der Waals surface area (Å²) in [6.07, 6.45) is 1.60. The van der Waals surface area contributed by atoms with Crippen LogP contribution in [0.15, 0.2) is 52.2 Å². The van der Waals surface area contributed by atoms with E-state index in [2.05, 4.69) is 10.2 Å². The van der Waals surface area contributed by atoms with Crippen LogP contribution in [-0.4, -0.2) is 57.5 Å². The molecule has 29 heavy (non-hydrogen) atoms. The Balaban J connectivity index is 1.34. The van der Waals surface area contributed by atoms with Crippen molar-refractivity contribution in [3.05, 3.63) is 48.5 Å². The molecule has 1 aliphatic rings. The molecule has 0 radical (unpaired) electrons. The van der Waals surface area contributed by atoms with Crippen molar-refractivity contribution in [2.24, 2.45) is 0 Å². The Bertz CT molecular complexity index is 967. The lowest BCUT2D eigenvalue weighted by Gasteiger charge is -2.36. The number of carbonyl (C=O) groups is 1. The molecule has 1 fully saturated rings. The SMILES string of the molecule is CCn1c(SCC(=O)N2CCN(c3ccccc3F)CC2)nnc1-c1ccco1. The Hall–Kier alpha value is -2.81. The fraction of sp³-hybridized carbons (Fsp3) is 0.350. The zero-order valence-electron chi connectivity index (χ0n) is 16.1. The summed E-state index contributed by atoms with van der Waals surface area (Å²) in [4.78, 5) is 16.5. The number of furan rings is 1. The molecule has 0 atom stereocenters. The molecule has 0 saturated carbocycles. The van der Waals surface area contributed by atoms with E-state index in [4.69, 9.17) is 4.42 Å². The molecular weight excluding hydrogens is 393 g/mol. The van der Waals surface area contributed by atoms with E-state index in [1.165, 1.54) is 17.8 Å². The van der Waals surface area contributed by atoms with Crippen LogP contribution in [-0.2, 0) is 11.3 Å². The van der Waals surface area contributed by atoms with Crippen LogP contribution < -0.4 is 4.90 Å². The van der Waals surface area contributed by atoms with Crippen molar-refractivity contribution < 1.29 is 13.6 Å². The molecule has 1 saturated heterocycles. The van der Waals surface area contributed by atoms with E-state index in [1.54, 1.807) is 24.5 Å². The van der Waals surface area contributed by atoms with Crippen LogP contribution in [0.5, 0.6) is 0 Å². The average Bonchev–Trinajstić information content (AvgIpc) is 3.42. The summed E-state index contributed by atoms with van der Waals surface area (Å²) in [5.74, 6) is 1.42. The average molecular weight is 415 g/mol. The Morgan fingerprint density at radius 3 is 2.62 bits per heavy atom. The molecule has 4 rings (SSSR count). The number of hydrogen-bond donors (Lipinski definition) is 0. The van der Waals surface area contributed by atoms with Crippen molar-refractivity contribution in [2.75, 3.05) is 36.8 Å². The number of anilines is 1. The number of benzene rings is 1. The third-order valence-electron chi connectivity index (χ3n) is 4.92. The zero-order chi connectivity index (χ0) is 20.2. The van der Waals surface area contributed by atoms with Crippen LogP contribution in [0.3, 0.4) is 0 Å². The normalized spacial score (nSPS) is 14.4. The highest BCUT2D eigenvalue weighted by molar-refractivity contribution is 7.99. The first-order valence-corrected chi connectivity index (χ1v) is 10.5. The summed E-state index contributed by atoms with van der Waals surface area (Å²) in [5.41, 5.74) is 0.593. The van der Waals surface area contributed by atoms with Crippen LogP contribution >= 0.6 is 11.8 Å². The smallest absolute Gasteiger partial charge is 0.233 e. The monoisotopic (exact) mass is 415 g/mol. The van der Waals surface area contributed by atoms with Crippen molar-refractivity contribution in [3.8, 4) is 11.6 Å². The summed E-state index contributed by atoms with van der Waals surface area (Å²) in [6.45, 7) is 5.07. The molecule has 152 valence electrons. The van der Waals surface area contributed by atoms with E-state index in [0.717, 1.165) is 0 Å². The molecule has 3 heterocycles. The molecule has 1 amide bonds. The van der Waals surface area contributed by atoms with Gasteiger partial charge in [0.15, 0.2) is 16.7 Å². The summed E-state index contributed by atoms with van der Waals surface area (Å²) in [6, 6.07) is 10.4. The lowest BCUT2D eigenvalue weighted by Crippen LogP contribution is -2.49. The van der Waals surface area contributed by atoms with E-state index in [9.17, 15) is 9.18 Å². The number of aromatic nitrogens is 3. The Morgan fingerprint density at radius 1 is 1.14 bits per heavy atom. The van der Waals surface area contributed by atoms with Gasteiger partial charge in [0.05, 0.1) is 17.7 Å². The Morgan fingerprint density at radius 2 is 1.93 bits per heavy atom. The maximum Gasteiger partial charge on any atom is 0.233 e. The zero-order valence-corrected chi connectivity index (χ0v) is 16.9. The molecule has 0 spiro atoms. The molecule has 0 aliphatic carbocycles. The first kappa shape index (κ1) is 19.5. The summed E-state index contributed by atoms with van der Waals surface area (Å²) < 4.78 is 21.3. The van der Waals surface area contributed by atoms with Gasteiger partial charge in [0.2, 0.25) is 5.91 Å². The van der Waals surface area contributed by atoms with E-state index in [0.29, 0.717) is 55.2 Å². The first-order chi connectivity index (χ1) is 14.2. The van der Waals surface area contributed by atoms with Gasteiger partial charge in [-0.3, -0.25) is 9.36 Å². The van der Waals surface area contributed by atoms with Crippen LogP contribution in [0.4, 0.5) is 10.1 Å². The molecule has 9 heteroatoms. The van der Waals surface area contributed by atoms with Gasteiger partial charge in [-0.1, -0.05) is 23.9 Å². The minimum absolute atomic E-state index is 0.0494. The van der Waals surface area contributed by atoms with Crippen LogP contribution in [0.25, 0.3) is 11.6 Å². The fourth-order valence-corrected chi connectivity index (χ4v) is 4.30. The second-order valence-corrected chi connectivity index (χ2v) is 7.58. The highest BCUT2D eigenvalue weighted by Crippen LogP contribution is 2.25. The quantitative estimate of drug-likeness (QED) is 0.576. The van der Waals surface area contributed by atoms with Crippen molar-refractivity contribution in [3.63, 3.8) is 0 Å². The lowest BCUT2D eigenvalue weighted by atomic mass is 10.2. The standard InChI is InChI=1S/C20H22FN5O2S/c1-2-26-19(17-8-5-13-28-17)22-23-20(26)29-14-18(27)25-11-9-24(10-12-25)16-7-4-3-6-15(16)21/h3-8,13H,2,9-12,14H2,1H3. The third-order valence-corrected chi connectivity index (χ3v) is 5.88. The van der Waals surface area contributed by atoms with Crippen LogP contribution in [0, 0.1) is 5.82 Å². The van der Waals surface area contributed by atoms with Crippen LogP contribution in [0.2, 0.25) is 0 Å². The van der Waals surface area contributed by atoms with E-state index < -0.39 is 0 Å². The largest absolute Gasteiger partial charge is 0.461 e. The number of hydrogen-bond acceptors (Lipinski definition) is 6. The van der Waals surface area contributed by atoms with Gasteiger partial charge in [-0.05, 0) is 31.2 Å². The van der Waals surface area contributed by atoms with Crippen molar-refractivity contribution in [1.82, 2.24) is 19.7 Å². The number of nitrogens with zero attached hydrogens (tertiary/aromatic N) is 5. The van der Waals surface area contributed by atoms with Gasteiger partial charge < -0.3 is 14.2 Å². The number of carbonyl (C=O) groups excluding carboxylic acids is 1. The fourth-order valence-electron chi connectivity index (χ4n) is 3.39. The lowest BCUT2D eigenvalue weighted by molar-refractivity contribution is -0.128. The highest BCUT2D eigenvalue weighted by Gasteiger charge is 2.23. The highest BCUT2D eigenvalue weighted by atomic mass is 32.2. The maximum atomic E-state index is 14.0. The summed E-state index contributed by atoms with van der Waals surface area (Å²) in [7, 11) is 0. The molecule has 3 aromatic rings. The number of halogens is 1. The van der Waals surface area contributed by atoms with Gasteiger partial charge in [0, 0.05) is 32.7 Å². The predicted molar refractivity (Wildman–Crippen MR) is 109 cm³/mol. The topological polar surface area (TPSA) is 67.4 Å². The molecule has 1 aromatic carbocycles. The second kappa shape index (κ2) is 8.69. The summed E-state index contributed by atoms with van der Waals surface area (Å²) >= 11 is 1.37. The molecular formula is C20H22FN5O2S. The maximum absolute atomic E-state index is 14.0. The number of rotatable bonds is 6. The number of amides is 1. The number of para-hydroxylation sites is 1. The van der Waals surface area contributed by atoms with E-state index in [-0.39, 0.29) is 17.5 Å². The second-order valence-electron chi connectivity index (χ2n) is 6.64. The van der Waals surface area contributed by atoms with Gasteiger partial charge in [0.1, 0.15) is 5.82 Å². The minimum Gasteiger partial charge on any atom is -0.461 e. The molecule has 0 unspecified atom stereocenters. The van der Waals surface area contributed by atoms with Gasteiger partial charge in [-0.15, -0.1) is 10.2 Å². The Kier molecular flexibility index (Phi) is 5.84. The van der Waals surface area contributed by atoms with Gasteiger partial charge in [-0.2, -0.15) is 0 Å². The molecule has 0 bridgehead atoms. The molecule has 1 aliphatic heterocycles. The van der Waals surface area contributed by atoms with Crippen molar-refractivity contribution in [1.29, 1.82) is 0 Å². The number of piperazine rings is 1. The summed E-state index contributed by atoms with van der Waals surface area (Å²) in [5, 5.41) is 9.11. The van der Waals surface area contributed by atoms with Crippen molar-refractivity contribution >= 4 is 23.4 Å².